The van der Waals surface area contributed by atoms with Crippen LogP contribution in [0.2, 0.25) is 0 Å². The van der Waals surface area contributed by atoms with E-state index in [1.165, 1.54) is 18.3 Å². The van der Waals surface area contributed by atoms with Crippen molar-refractivity contribution in [1.82, 2.24) is 14.6 Å². The van der Waals surface area contributed by atoms with Crippen LogP contribution in [0.15, 0.2) is 67.1 Å². The van der Waals surface area contributed by atoms with Crippen molar-refractivity contribution < 1.29 is 14.6 Å². The number of fused-ring (bicyclic) bond motifs is 1. The minimum absolute atomic E-state index is 0.194. The first-order valence-electron chi connectivity index (χ1n) is 9.85. The SMILES string of the molecule is CC(=O)N(C(C)CO)n1cc(-c2ccc(Oc3ccccc3)cc2)c2c(N)ncnc21. The number of nitrogen functional groups attached to an aromatic ring is 1. The lowest BCUT2D eigenvalue weighted by atomic mass is 10.1. The molecule has 31 heavy (non-hydrogen) atoms. The third-order valence-electron chi connectivity index (χ3n) is 4.98. The van der Waals surface area contributed by atoms with Gasteiger partial charge in [0.15, 0.2) is 5.65 Å². The van der Waals surface area contributed by atoms with Gasteiger partial charge in [-0.3, -0.25) is 4.79 Å². The van der Waals surface area contributed by atoms with Crippen LogP contribution in [-0.4, -0.2) is 38.3 Å². The molecule has 0 spiro atoms. The molecule has 8 heteroatoms. The van der Waals surface area contributed by atoms with Gasteiger partial charge in [0.1, 0.15) is 23.6 Å². The van der Waals surface area contributed by atoms with Gasteiger partial charge in [0.25, 0.3) is 0 Å². The number of rotatable bonds is 6. The lowest BCUT2D eigenvalue weighted by Crippen LogP contribution is -2.47. The summed E-state index contributed by atoms with van der Waals surface area (Å²) in [6.07, 6.45) is 3.15. The average Bonchev–Trinajstić information content (AvgIpc) is 3.15. The van der Waals surface area contributed by atoms with E-state index in [9.17, 15) is 9.90 Å². The van der Waals surface area contributed by atoms with Crippen molar-refractivity contribution in [3.8, 4) is 22.6 Å². The van der Waals surface area contributed by atoms with E-state index in [1.54, 1.807) is 17.8 Å². The fourth-order valence-corrected chi connectivity index (χ4v) is 3.53. The number of hydrogen-bond donors (Lipinski definition) is 2. The van der Waals surface area contributed by atoms with Gasteiger partial charge in [-0.15, -0.1) is 0 Å². The first kappa shape index (κ1) is 20.4. The van der Waals surface area contributed by atoms with Crippen molar-refractivity contribution in [1.29, 1.82) is 0 Å². The number of aromatic nitrogens is 3. The Bertz CT molecular complexity index is 1210. The van der Waals surface area contributed by atoms with E-state index < -0.39 is 6.04 Å². The summed E-state index contributed by atoms with van der Waals surface area (Å²) in [4.78, 5) is 20.8. The normalized spacial score (nSPS) is 12.0. The highest BCUT2D eigenvalue weighted by Crippen LogP contribution is 2.34. The minimum atomic E-state index is -0.446. The molecule has 0 fully saturated rings. The van der Waals surface area contributed by atoms with Gasteiger partial charge in [0.2, 0.25) is 5.91 Å². The summed E-state index contributed by atoms with van der Waals surface area (Å²) in [5, 5.41) is 11.7. The van der Waals surface area contributed by atoms with Crippen LogP contribution in [-0.2, 0) is 4.79 Å². The molecule has 0 radical (unpaired) electrons. The van der Waals surface area contributed by atoms with Crippen LogP contribution in [0.4, 0.5) is 5.82 Å². The maximum absolute atomic E-state index is 12.3. The predicted octanol–water partition coefficient (Wildman–Crippen LogP) is 3.34. The number of aliphatic hydroxyl groups is 1. The van der Waals surface area contributed by atoms with Gasteiger partial charge in [-0.1, -0.05) is 30.3 Å². The first-order chi connectivity index (χ1) is 15.0. The molecule has 0 bridgehead atoms. The minimum Gasteiger partial charge on any atom is -0.457 e. The number of carbonyl (C=O) groups is 1. The Morgan fingerprint density at radius 3 is 2.45 bits per heavy atom. The topological polar surface area (TPSA) is 106 Å². The second-order valence-corrected chi connectivity index (χ2v) is 7.18. The van der Waals surface area contributed by atoms with Gasteiger partial charge < -0.3 is 15.6 Å². The maximum atomic E-state index is 12.3. The number of benzene rings is 2. The summed E-state index contributed by atoms with van der Waals surface area (Å²) in [5.74, 6) is 1.53. The highest BCUT2D eigenvalue weighted by Gasteiger charge is 2.24. The Kier molecular flexibility index (Phi) is 5.55. The second kappa shape index (κ2) is 8.45. The molecule has 0 aliphatic heterocycles. The summed E-state index contributed by atoms with van der Waals surface area (Å²) < 4.78 is 7.49. The van der Waals surface area contributed by atoms with Gasteiger partial charge >= 0.3 is 0 Å². The van der Waals surface area contributed by atoms with Crippen LogP contribution in [0.5, 0.6) is 11.5 Å². The summed E-state index contributed by atoms with van der Waals surface area (Å²) in [7, 11) is 0. The summed E-state index contributed by atoms with van der Waals surface area (Å²) in [5.41, 5.74) is 8.31. The van der Waals surface area contributed by atoms with Gasteiger partial charge in [-0.25, -0.2) is 19.7 Å². The van der Waals surface area contributed by atoms with Crippen molar-refractivity contribution in [2.45, 2.75) is 19.9 Å². The smallest absolute Gasteiger partial charge is 0.238 e. The molecule has 158 valence electrons. The molecule has 1 atom stereocenters. The molecule has 3 N–H and O–H groups in total. The van der Waals surface area contributed by atoms with E-state index in [0.29, 0.717) is 22.6 Å². The summed E-state index contributed by atoms with van der Waals surface area (Å²) >= 11 is 0. The Morgan fingerprint density at radius 2 is 1.81 bits per heavy atom. The molecular formula is C23H23N5O3. The molecule has 8 nitrogen and oxygen atoms in total. The number of amides is 1. The van der Waals surface area contributed by atoms with Crippen molar-refractivity contribution in [2.75, 3.05) is 17.3 Å². The van der Waals surface area contributed by atoms with Crippen LogP contribution in [0.1, 0.15) is 13.8 Å². The van der Waals surface area contributed by atoms with Crippen molar-refractivity contribution in [2.24, 2.45) is 0 Å². The van der Waals surface area contributed by atoms with Gasteiger partial charge in [0, 0.05) is 18.7 Å². The van der Waals surface area contributed by atoms with E-state index in [1.807, 2.05) is 54.6 Å². The Labute approximate surface area is 179 Å². The van der Waals surface area contributed by atoms with E-state index in [0.717, 1.165) is 16.9 Å². The zero-order chi connectivity index (χ0) is 22.0. The molecule has 1 unspecified atom stereocenters. The van der Waals surface area contributed by atoms with E-state index in [-0.39, 0.29) is 12.5 Å². The second-order valence-electron chi connectivity index (χ2n) is 7.18. The monoisotopic (exact) mass is 417 g/mol. The zero-order valence-electron chi connectivity index (χ0n) is 17.3. The van der Waals surface area contributed by atoms with Gasteiger partial charge in [-0.2, -0.15) is 0 Å². The van der Waals surface area contributed by atoms with Gasteiger partial charge in [0.05, 0.1) is 18.0 Å². The zero-order valence-corrected chi connectivity index (χ0v) is 17.3. The van der Waals surface area contributed by atoms with Crippen LogP contribution in [0.25, 0.3) is 22.2 Å². The van der Waals surface area contributed by atoms with E-state index >= 15 is 0 Å². The summed E-state index contributed by atoms with van der Waals surface area (Å²) in [6.45, 7) is 3.01. The molecule has 0 saturated heterocycles. The Balaban J connectivity index is 1.78. The molecule has 0 aliphatic carbocycles. The molecular weight excluding hydrogens is 394 g/mol. The fourth-order valence-electron chi connectivity index (χ4n) is 3.53. The molecule has 2 aromatic heterocycles. The van der Waals surface area contributed by atoms with Crippen molar-refractivity contribution >= 4 is 22.8 Å². The Hall–Kier alpha value is -3.91. The third kappa shape index (κ3) is 3.93. The number of nitrogens with zero attached hydrogens (tertiary/aromatic N) is 4. The van der Waals surface area contributed by atoms with Crippen LogP contribution < -0.4 is 15.5 Å². The number of aliphatic hydroxyl groups excluding tert-OH is 1. The highest BCUT2D eigenvalue weighted by atomic mass is 16.5. The lowest BCUT2D eigenvalue weighted by Gasteiger charge is -2.28. The molecule has 2 heterocycles. The van der Waals surface area contributed by atoms with E-state index in [2.05, 4.69) is 9.97 Å². The molecule has 0 aliphatic rings. The number of nitrogens with two attached hydrogens (primary N) is 1. The standard InChI is InChI=1S/C23H23N5O3/c1-15(13-29)28(16(2)30)27-12-20(21-22(24)25-14-26-23(21)27)17-8-10-19(11-9-17)31-18-6-4-3-5-7-18/h3-12,14-15,29H,13H2,1-2H3,(H2,24,25,26). The number of carbonyl (C=O) groups excluding carboxylic acids is 1. The van der Waals surface area contributed by atoms with Crippen LogP contribution in [0.3, 0.4) is 0 Å². The average molecular weight is 417 g/mol. The third-order valence-corrected chi connectivity index (χ3v) is 4.98. The molecule has 4 aromatic rings. The van der Waals surface area contributed by atoms with Gasteiger partial charge in [-0.05, 0) is 36.8 Å². The molecule has 1 amide bonds. The largest absolute Gasteiger partial charge is 0.457 e. The maximum Gasteiger partial charge on any atom is 0.238 e. The lowest BCUT2D eigenvalue weighted by molar-refractivity contribution is -0.118. The molecule has 2 aromatic carbocycles. The molecule has 4 rings (SSSR count). The summed E-state index contributed by atoms with van der Waals surface area (Å²) in [6, 6.07) is 16.6. The number of anilines is 1. The number of para-hydroxylation sites is 1. The van der Waals surface area contributed by atoms with E-state index in [4.69, 9.17) is 10.5 Å². The van der Waals surface area contributed by atoms with Crippen LogP contribution >= 0.6 is 0 Å². The van der Waals surface area contributed by atoms with Crippen molar-refractivity contribution in [3.05, 3.63) is 67.1 Å². The molecule has 0 saturated carbocycles. The Morgan fingerprint density at radius 1 is 1.13 bits per heavy atom. The first-order valence-corrected chi connectivity index (χ1v) is 9.85. The quantitative estimate of drug-likeness (QED) is 0.498. The number of hydrogen-bond acceptors (Lipinski definition) is 6. The highest BCUT2D eigenvalue weighted by molar-refractivity contribution is 6.02. The van der Waals surface area contributed by atoms with Crippen molar-refractivity contribution in [3.63, 3.8) is 0 Å². The predicted molar refractivity (Wildman–Crippen MR) is 119 cm³/mol. The number of ether oxygens (including phenoxy) is 1. The fraction of sp³-hybridized carbons (Fsp3) is 0.174. The van der Waals surface area contributed by atoms with Crippen LogP contribution in [0, 0.1) is 0 Å².